The zero-order valence-corrected chi connectivity index (χ0v) is 12.7. The van der Waals surface area contributed by atoms with E-state index < -0.39 is 0 Å². The molecule has 8 heteroatoms. The lowest BCUT2D eigenvalue weighted by Crippen LogP contribution is -2.37. The molecule has 0 rings (SSSR count). The Balaban J connectivity index is 3.30. The normalized spacial score (nSPS) is 10.0. The van der Waals surface area contributed by atoms with Crippen molar-refractivity contribution in [3.8, 4) is 0 Å². The van der Waals surface area contributed by atoms with Crippen LogP contribution in [0.5, 0.6) is 0 Å². The zero-order valence-electron chi connectivity index (χ0n) is 12.7. The van der Waals surface area contributed by atoms with E-state index in [1.165, 1.54) is 7.05 Å². The molecular weight excluding hydrogens is 278 g/mol. The summed E-state index contributed by atoms with van der Waals surface area (Å²) in [7, 11) is 1.49. The van der Waals surface area contributed by atoms with Crippen LogP contribution in [0.2, 0.25) is 0 Å². The number of rotatable bonds is 12. The molecular formula is C13H25N3O5. The van der Waals surface area contributed by atoms with E-state index in [0.717, 1.165) is 6.42 Å². The number of nitrogens with one attached hydrogen (secondary N) is 3. The molecule has 0 aromatic carbocycles. The van der Waals surface area contributed by atoms with Crippen LogP contribution in [0.15, 0.2) is 0 Å². The molecule has 0 saturated carbocycles. The van der Waals surface area contributed by atoms with Gasteiger partial charge in [-0.25, -0.2) is 0 Å². The second-order valence-corrected chi connectivity index (χ2v) is 4.21. The molecule has 0 aliphatic rings. The van der Waals surface area contributed by atoms with Crippen molar-refractivity contribution in [1.29, 1.82) is 0 Å². The van der Waals surface area contributed by atoms with Gasteiger partial charge in [-0.2, -0.15) is 0 Å². The van der Waals surface area contributed by atoms with Gasteiger partial charge in [-0.3, -0.25) is 14.4 Å². The first-order chi connectivity index (χ1) is 10.1. The standard InChI is InChI=1S/C13H25N3O5/c1-3-4-11(17)15-5-6-20-7-8-21-10-13(19)16-9-12(18)14-2/h3-10H2,1-2H3,(H,14,18)(H,15,17)(H,16,19). The van der Waals surface area contributed by atoms with Crippen molar-refractivity contribution in [1.82, 2.24) is 16.0 Å². The molecule has 0 aromatic rings. The SMILES string of the molecule is CCCC(=O)NCCOCCOCC(=O)NCC(=O)NC. The van der Waals surface area contributed by atoms with Crippen molar-refractivity contribution in [2.24, 2.45) is 0 Å². The van der Waals surface area contributed by atoms with E-state index in [4.69, 9.17) is 9.47 Å². The minimum absolute atomic E-state index is 0.0186. The summed E-state index contributed by atoms with van der Waals surface area (Å²) in [5, 5.41) is 7.51. The molecule has 8 nitrogen and oxygen atoms in total. The molecule has 0 spiro atoms. The predicted molar refractivity (Wildman–Crippen MR) is 76.6 cm³/mol. The first kappa shape index (κ1) is 19.3. The summed E-state index contributed by atoms with van der Waals surface area (Å²) in [5.41, 5.74) is 0. The molecule has 21 heavy (non-hydrogen) atoms. The summed E-state index contributed by atoms with van der Waals surface area (Å²) in [6, 6.07) is 0. The van der Waals surface area contributed by atoms with Crippen LogP contribution in [-0.4, -0.2) is 64.3 Å². The molecule has 0 unspecified atom stereocenters. The average molecular weight is 303 g/mol. The van der Waals surface area contributed by atoms with Gasteiger partial charge in [0.05, 0.1) is 26.4 Å². The largest absolute Gasteiger partial charge is 0.377 e. The molecule has 122 valence electrons. The fourth-order valence-electron chi connectivity index (χ4n) is 1.28. The highest BCUT2D eigenvalue weighted by atomic mass is 16.5. The lowest BCUT2D eigenvalue weighted by molar-refractivity contribution is -0.129. The van der Waals surface area contributed by atoms with Crippen LogP contribution in [0.3, 0.4) is 0 Å². The smallest absolute Gasteiger partial charge is 0.246 e. The van der Waals surface area contributed by atoms with E-state index in [9.17, 15) is 14.4 Å². The highest BCUT2D eigenvalue weighted by molar-refractivity contribution is 5.84. The summed E-state index contributed by atoms with van der Waals surface area (Å²) < 4.78 is 10.3. The van der Waals surface area contributed by atoms with Crippen LogP contribution < -0.4 is 16.0 Å². The molecule has 0 aromatic heterocycles. The van der Waals surface area contributed by atoms with Crippen molar-refractivity contribution < 1.29 is 23.9 Å². The Morgan fingerprint density at radius 1 is 0.905 bits per heavy atom. The fraction of sp³-hybridized carbons (Fsp3) is 0.769. The van der Waals surface area contributed by atoms with E-state index in [2.05, 4.69) is 16.0 Å². The van der Waals surface area contributed by atoms with E-state index in [1.807, 2.05) is 6.92 Å². The molecule has 0 fully saturated rings. The van der Waals surface area contributed by atoms with E-state index in [1.54, 1.807) is 0 Å². The van der Waals surface area contributed by atoms with Gasteiger partial charge in [-0.15, -0.1) is 0 Å². The van der Waals surface area contributed by atoms with Crippen molar-refractivity contribution in [3.05, 3.63) is 0 Å². The number of carbonyl (C=O) groups excluding carboxylic acids is 3. The number of hydrogen-bond donors (Lipinski definition) is 3. The molecule has 0 aliphatic carbocycles. The second kappa shape index (κ2) is 13.3. The topological polar surface area (TPSA) is 106 Å². The van der Waals surface area contributed by atoms with Gasteiger partial charge in [0.25, 0.3) is 0 Å². The van der Waals surface area contributed by atoms with Crippen molar-refractivity contribution >= 4 is 17.7 Å². The lowest BCUT2D eigenvalue weighted by atomic mass is 10.3. The van der Waals surface area contributed by atoms with Gasteiger partial charge in [0.15, 0.2) is 0 Å². The van der Waals surface area contributed by atoms with Gasteiger partial charge in [0.2, 0.25) is 17.7 Å². The summed E-state index contributed by atoms with van der Waals surface area (Å²) in [5.74, 6) is -0.604. The highest BCUT2D eigenvalue weighted by Gasteiger charge is 2.03. The lowest BCUT2D eigenvalue weighted by Gasteiger charge is -2.07. The molecule has 0 atom stereocenters. The molecule has 3 N–H and O–H groups in total. The monoisotopic (exact) mass is 303 g/mol. The Bertz CT molecular complexity index is 323. The Hall–Kier alpha value is -1.67. The van der Waals surface area contributed by atoms with Crippen LogP contribution >= 0.6 is 0 Å². The van der Waals surface area contributed by atoms with Crippen LogP contribution in [-0.2, 0) is 23.9 Å². The Morgan fingerprint density at radius 2 is 1.62 bits per heavy atom. The van der Waals surface area contributed by atoms with Gasteiger partial charge >= 0.3 is 0 Å². The van der Waals surface area contributed by atoms with Crippen LogP contribution in [0, 0.1) is 0 Å². The highest BCUT2D eigenvalue weighted by Crippen LogP contribution is 1.85. The maximum absolute atomic E-state index is 11.2. The van der Waals surface area contributed by atoms with E-state index >= 15 is 0 Å². The summed E-state index contributed by atoms with van der Waals surface area (Å²) in [6.45, 7) is 3.24. The minimum atomic E-state index is -0.356. The molecule has 0 radical (unpaired) electrons. The number of hydrogen-bond acceptors (Lipinski definition) is 5. The van der Waals surface area contributed by atoms with Gasteiger partial charge in [-0.1, -0.05) is 6.92 Å². The number of amides is 3. The van der Waals surface area contributed by atoms with Gasteiger partial charge in [0, 0.05) is 20.0 Å². The van der Waals surface area contributed by atoms with Gasteiger partial charge in [-0.05, 0) is 6.42 Å². The summed E-state index contributed by atoms with van der Waals surface area (Å²) >= 11 is 0. The molecule has 0 saturated heterocycles. The van der Waals surface area contributed by atoms with Crippen molar-refractivity contribution in [2.75, 3.05) is 46.6 Å². The quantitative estimate of drug-likeness (QED) is 0.393. The second-order valence-electron chi connectivity index (χ2n) is 4.21. The van der Waals surface area contributed by atoms with E-state index in [-0.39, 0.29) is 37.5 Å². The molecule has 0 aliphatic heterocycles. The van der Waals surface area contributed by atoms with Gasteiger partial charge in [0.1, 0.15) is 6.61 Å². The molecule has 3 amide bonds. The third-order valence-electron chi connectivity index (χ3n) is 2.38. The average Bonchev–Trinajstić information content (AvgIpc) is 2.47. The molecule has 0 heterocycles. The zero-order chi connectivity index (χ0) is 15.9. The Kier molecular flexibility index (Phi) is 12.3. The predicted octanol–water partition coefficient (Wildman–Crippen LogP) is -1.20. The van der Waals surface area contributed by atoms with Crippen LogP contribution in [0.25, 0.3) is 0 Å². The van der Waals surface area contributed by atoms with E-state index in [0.29, 0.717) is 26.2 Å². The summed E-state index contributed by atoms with van der Waals surface area (Å²) in [6.07, 6.45) is 1.34. The van der Waals surface area contributed by atoms with Gasteiger partial charge < -0.3 is 25.4 Å². The summed E-state index contributed by atoms with van der Waals surface area (Å²) in [4.78, 5) is 33.2. The number of carbonyl (C=O) groups is 3. The molecule has 0 bridgehead atoms. The Labute approximate surface area is 124 Å². The third kappa shape index (κ3) is 13.1. The van der Waals surface area contributed by atoms with Crippen LogP contribution in [0.1, 0.15) is 19.8 Å². The Morgan fingerprint density at radius 3 is 2.29 bits per heavy atom. The maximum atomic E-state index is 11.2. The van der Waals surface area contributed by atoms with Crippen molar-refractivity contribution in [3.63, 3.8) is 0 Å². The third-order valence-corrected chi connectivity index (χ3v) is 2.38. The maximum Gasteiger partial charge on any atom is 0.246 e. The first-order valence-electron chi connectivity index (χ1n) is 6.99. The number of likely N-dealkylation sites (N-methyl/N-ethyl adjacent to an activating group) is 1. The minimum Gasteiger partial charge on any atom is -0.377 e. The fourth-order valence-corrected chi connectivity index (χ4v) is 1.28. The van der Waals surface area contributed by atoms with Crippen LogP contribution in [0.4, 0.5) is 0 Å². The number of ether oxygens (including phenoxy) is 2. The van der Waals surface area contributed by atoms with Crippen molar-refractivity contribution in [2.45, 2.75) is 19.8 Å². The first-order valence-corrected chi connectivity index (χ1v) is 6.99.